The minimum absolute atomic E-state index is 0.0747. The van der Waals surface area contributed by atoms with Gasteiger partial charge < -0.3 is 10.4 Å². The first-order valence-corrected chi connectivity index (χ1v) is 5.74. The van der Waals surface area contributed by atoms with E-state index in [1.807, 2.05) is 6.92 Å². The molecule has 0 bridgehead atoms. The second-order valence-electron chi connectivity index (χ2n) is 3.78. The van der Waals surface area contributed by atoms with Crippen molar-refractivity contribution in [2.45, 2.75) is 32.7 Å². The molecule has 1 atom stereocenters. The molecule has 1 unspecified atom stereocenters. The first kappa shape index (κ1) is 12.2. The molecular weight excluding hydrogens is 186 g/mol. The van der Waals surface area contributed by atoms with Gasteiger partial charge in [0.15, 0.2) is 0 Å². The molecule has 0 saturated carbocycles. The summed E-state index contributed by atoms with van der Waals surface area (Å²) < 4.78 is 0. The highest BCUT2D eigenvalue weighted by Gasteiger charge is 2.07. The monoisotopic (exact) mass is 207 g/mol. The molecule has 0 fully saturated rings. The molecule has 2 nitrogen and oxygen atoms in total. The summed E-state index contributed by atoms with van der Waals surface area (Å²) >= 11 is 0. The number of aryl methyl sites for hydroxylation is 1. The molecule has 0 aliphatic carbocycles. The zero-order valence-electron chi connectivity index (χ0n) is 9.66. The molecule has 0 aliphatic rings. The van der Waals surface area contributed by atoms with Crippen LogP contribution in [0.5, 0.6) is 0 Å². The predicted molar refractivity (Wildman–Crippen MR) is 63.9 cm³/mol. The van der Waals surface area contributed by atoms with Gasteiger partial charge in [0, 0.05) is 0 Å². The lowest BCUT2D eigenvalue weighted by atomic mass is 10.0. The highest BCUT2D eigenvalue weighted by molar-refractivity contribution is 5.25. The maximum Gasteiger partial charge on any atom is 0.0626 e. The Kier molecular flexibility index (Phi) is 5.37. The Bertz CT molecular complexity index is 268. The van der Waals surface area contributed by atoms with Crippen molar-refractivity contribution in [1.82, 2.24) is 5.32 Å². The zero-order chi connectivity index (χ0) is 11.1. The Morgan fingerprint density at radius 1 is 1.20 bits per heavy atom. The summed E-state index contributed by atoms with van der Waals surface area (Å²) in [5.74, 6) is 0. The van der Waals surface area contributed by atoms with Gasteiger partial charge in [-0.3, -0.25) is 0 Å². The minimum Gasteiger partial charge on any atom is -0.394 e. The number of likely N-dealkylation sites (N-methyl/N-ethyl adjacent to an activating group) is 1. The van der Waals surface area contributed by atoms with E-state index in [1.165, 1.54) is 17.5 Å². The third-order valence-electron chi connectivity index (χ3n) is 2.55. The second-order valence-corrected chi connectivity index (χ2v) is 3.78. The maximum absolute atomic E-state index is 9.22. The molecule has 1 aromatic carbocycles. The Morgan fingerprint density at radius 2 is 1.87 bits per heavy atom. The number of hydrogen-bond acceptors (Lipinski definition) is 2. The van der Waals surface area contributed by atoms with Crippen molar-refractivity contribution in [3.8, 4) is 0 Å². The van der Waals surface area contributed by atoms with Crippen molar-refractivity contribution >= 4 is 0 Å². The fourth-order valence-corrected chi connectivity index (χ4v) is 1.74. The van der Waals surface area contributed by atoms with Gasteiger partial charge in [0.2, 0.25) is 0 Å². The van der Waals surface area contributed by atoms with Crippen molar-refractivity contribution in [2.24, 2.45) is 0 Å². The van der Waals surface area contributed by atoms with E-state index in [1.54, 1.807) is 0 Å². The van der Waals surface area contributed by atoms with E-state index >= 15 is 0 Å². The van der Waals surface area contributed by atoms with E-state index < -0.39 is 0 Å². The van der Waals surface area contributed by atoms with Gasteiger partial charge in [0.25, 0.3) is 0 Å². The number of nitrogens with one attached hydrogen (secondary N) is 1. The van der Waals surface area contributed by atoms with Gasteiger partial charge in [0.1, 0.15) is 0 Å². The topological polar surface area (TPSA) is 32.3 Å². The third kappa shape index (κ3) is 3.65. The van der Waals surface area contributed by atoms with Gasteiger partial charge in [-0.2, -0.15) is 0 Å². The summed E-state index contributed by atoms with van der Waals surface area (Å²) in [6, 6.07) is 8.59. The molecular formula is C13H21NO. The molecule has 1 rings (SSSR count). The Morgan fingerprint density at radius 3 is 2.33 bits per heavy atom. The summed E-state index contributed by atoms with van der Waals surface area (Å²) in [6.07, 6.45) is 2.31. The van der Waals surface area contributed by atoms with Crippen LogP contribution in [0.15, 0.2) is 24.3 Å². The highest BCUT2D eigenvalue weighted by Crippen LogP contribution is 2.14. The quantitative estimate of drug-likeness (QED) is 0.750. The first-order chi connectivity index (χ1) is 7.31. The fraction of sp³-hybridized carbons (Fsp3) is 0.538. The van der Waals surface area contributed by atoms with Crippen molar-refractivity contribution in [1.29, 1.82) is 0 Å². The van der Waals surface area contributed by atoms with Crippen LogP contribution in [-0.2, 0) is 6.42 Å². The van der Waals surface area contributed by atoms with Gasteiger partial charge in [-0.1, -0.05) is 44.5 Å². The summed E-state index contributed by atoms with van der Waals surface area (Å²) in [4.78, 5) is 0. The minimum atomic E-state index is 0.0747. The van der Waals surface area contributed by atoms with Crippen LogP contribution in [-0.4, -0.2) is 18.3 Å². The molecule has 0 spiro atoms. The molecule has 84 valence electrons. The molecule has 0 aliphatic heterocycles. The van der Waals surface area contributed by atoms with Crippen LogP contribution in [0.4, 0.5) is 0 Å². The van der Waals surface area contributed by atoms with Crippen LogP contribution in [0, 0.1) is 0 Å². The van der Waals surface area contributed by atoms with Crippen LogP contribution in [0.3, 0.4) is 0 Å². The van der Waals surface area contributed by atoms with Crippen molar-refractivity contribution in [3.05, 3.63) is 35.4 Å². The van der Waals surface area contributed by atoms with E-state index in [2.05, 4.69) is 36.5 Å². The average Bonchev–Trinajstić information content (AvgIpc) is 2.28. The lowest BCUT2D eigenvalue weighted by molar-refractivity contribution is 0.246. The van der Waals surface area contributed by atoms with E-state index in [4.69, 9.17) is 0 Å². The van der Waals surface area contributed by atoms with Gasteiger partial charge in [-0.25, -0.2) is 0 Å². The largest absolute Gasteiger partial charge is 0.394 e. The summed E-state index contributed by atoms with van der Waals surface area (Å²) in [5.41, 5.74) is 2.54. The highest BCUT2D eigenvalue weighted by atomic mass is 16.3. The summed E-state index contributed by atoms with van der Waals surface area (Å²) in [6.45, 7) is 5.26. The van der Waals surface area contributed by atoms with E-state index in [0.29, 0.717) is 0 Å². The maximum atomic E-state index is 9.22. The van der Waals surface area contributed by atoms with Crippen LogP contribution >= 0.6 is 0 Å². The summed E-state index contributed by atoms with van der Waals surface area (Å²) in [5, 5.41) is 12.5. The molecule has 2 heteroatoms. The van der Waals surface area contributed by atoms with E-state index in [-0.39, 0.29) is 12.6 Å². The van der Waals surface area contributed by atoms with Crippen LogP contribution in [0.2, 0.25) is 0 Å². The lowest BCUT2D eigenvalue weighted by Gasteiger charge is -2.15. The fourth-order valence-electron chi connectivity index (χ4n) is 1.74. The molecule has 2 N–H and O–H groups in total. The number of aliphatic hydroxyl groups is 1. The molecule has 1 aromatic rings. The molecule has 0 radical (unpaired) electrons. The van der Waals surface area contributed by atoms with Crippen molar-refractivity contribution < 1.29 is 5.11 Å². The number of aliphatic hydroxyl groups excluding tert-OH is 1. The van der Waals surface area contributed by atoms with Gasteiger partial charge >= 0.3 is 0 Å². The SMILES string of the molecule is CCCc1ccc(C(CO)NCC)cc1. The van der Waals surface area contributed by atoms with Gasteiger partial charge in [-0.05, 0) is 24.1 Å². The first-order valence-electron chi connectivity index (χ1n) is 5.74. The standard InChI is InChI=1S/C13H21NO/c1-3-5-11-6-8-12(9-7-11)13(10-15)14-4-2/h6-9,13-15H,3-5,10H2,1-2H3. The predicted octanol–water partition coefficient (Wildman–Crippen LogP) is 2.28. The molecule has 0 aromatic heterocycles. The smallest absolute Gasteiger partial charge is 0.0626 e. The van der Waals surface area contributed by atoms with Crippen molar-refractivity contribution in [2.75, 3.05) is 13.2 Å². The second kappa shape index (κ2) is 6.59. The molecule has 0 amide bonds. The van der Waals surface area contributed by atoms with Crippen molar-refractivity contribution in [3.63, 3.8) is 0 Å². The number of hydrogen-bond donors (Lipinski definition) is 2. The van der Waals surface area contributed by atoms with E-state index in [0.717, 1.165) is 13.0 Å². The van der Waals surface area contributed by atoms with E-state index in [9.17, 15) is 5.11 Å². The Balaban J connectivity index is 2.68. The normalized spacial score (nSPS) is 12.7. The third-order valence-corrected chi connectivity index (χ3v) is 2.55. The lowest BCUT2D eigenvalue weighted by Crippen LogP contribution is -2.23. The van der Waals surface area contributed by atoms with Gasteiger partial charge in [-0.15, -0.1) is 0 Å². The Labute approximate surface area is 92.3 Å². The van der Waals surface area contributed by atoms with Crippen LogP contribution in [0.25, 0.3) is 0 Å². The average molecular weight is 207 g/mol. The number of rotatable bonds is 6. The van der Waals surface area contributed by atoms with Gasteiger partial charge in [0.05, 0.1) is 12.6 Å². The Hall–Kier alpha value is -0.860. The summed E-state index contributed by atoms with van der Waals surface area (Å²) in [7, 11) is 0. The van der Waals surface area contributed by atoms with Crippen LogP contribution < -0.4 is 5.32 Å². The zero-order valence-corrected chi connectivity index (χ0v) is 9.66. The molecule has 0 heterocycles. The molecule has 0 saturated heterocycles. The molecule has 15 heavy (non-hydrogen) atoms. The van der Waals surface area contributed by atoms with Crippen LogP contribution in [0.1, 0.15) is 37.4 Å². The number of benzene rings is 1.